The van der Waals surface area contributed by atoms with Crippen LogP contribution >= 0.6 is 0 Å². The van der Waals surface area contributed by atoms with Crippen molar-refractivity contribution in [2.75, 3.05) is 26.3 Å². The molecule has 0 spiro atoms. The first-order valence-electron chi connectivity index (χ1n) is 7.79. The minimum atomic E-state index is 0.123. The van der Waals surface area contributed by atoms with E-state index in [0.29, 0.717) is 6.42 Å². The second-order valence-corrected chi connectivity index (χ2v) is 5.57. The maximum atomic E-state index is 12.6. The third kappa shape index (κ3) is 3.62. The van der Waals surface area contributed by atoms with Crippen molar-refractivity contribution in [2.24, 2.45) is 0 Å². The third-order valence-electron chi connectivity index (χ3n) is 4.15. The van der Waals surface area contributed by atoms with Gasteiger partial charge < -0.3 is 4.74 Å². The average molecular weight is 295 g/mol. The quantitative estimate of drug-likeness (QED) is 0.792. The molecule has 1 saturated heterocycles. The van der Waals surface area contributed by atoms with E-state index in [4.69, 9.17) is 4.74 Å². The molecule has 0 amide bonds. The van der Waals surface area contributed by atoms with Gasteiger partial charge in [-0.05, 0) is 5.56 Å². The number of ether oxygens (including phenoxy) is 1. The molecule has 0 unspecified atom stereocenters. The molecule has 2 aromatic rings. The van der Waals surface area contributed by atoms with Gasteiger partial charge in [-0.25, -0.2) is 0 Å². The number of nitrogens with zero attached hydrogens (tertiary/aromatic N) is 1. The van der Waals surface area contributed by atoms with Gasteiger partial charge in [0, 0.05) is 31.1 Å². The van der Waals surface area contributed by atoms with Crippen LogP contribution in [0, 0.1) is 0 Å². The predicted octanol–water partition coefficient (Wildman–Crippen LogP) is 3.33. The van der Waals surface area contributed by atoms with Crippen LogP contribution < -0.4 is 0 Å². The fraction of sp³-hybridized carbons (Fsp3) is 0.316. The smallest absolute Gasteiger partial charge is 0.164 e. The molecule has 1 atom stereocenters. The minimum Gasteiger partial charge on any atom is -0.379 e. The van der Waals surface area contributed by atoms with Crippen molar-refractivity contribution in [1.29, 1.82) is 0 Å². The van der Waals surface area contributed by atoms with Crippen molar-refractivity contribution in [3.8, 4) is 0 Å². The average Bonchev–Trinajstić information content (AvgIpc) is 2.62. The molecule has 0 aliphatic carbocycles. The normalized spacial score (nSPS) is 17.1. The van der Waals surface area contributed by atoms with Crippen LogP contribution in [0.15, 0.2) is 60.7 Å². The second-order valence-electron chi connectivity index (χ2n) is 5.57. The van der Waals surface area contributed by atoms with Gasteiger partial charge in [-0.2, -0.15) is 0 Å². The molecule has 1 fully saturated rings. The zero-order valence-electron chi connectivity index (χ0n) is 12.7. The highest BCUT2D eigenvalue weighted by Gasteiger charge is 2.25. The third-order valence-corrected chi connectivity index (χ3v) is 4.15. The maximum Gasteiger partial charge on any atom is 0.164 e. The molecule has 1 heterocycles. The molecule has 2 aromatic carbocycles. The van der Waals surface area contributed by atoms with E-state index in [9.17, 15) is 4.79 Å². The number of hydrogen-bond acceptors (Lipinski definition) is 3. The summed E-state index contributed by atoms with van der Waals surface area (Å²) in [5.41, 5.74) is 1.99. The Labute approximate surface area is 131 Å². The van der Waals surface area contributed by atoms with Crippen LogP contribution in [0.1, 0.15) is 28.4 Å². The van der Waals surface area contributed by atoms with Gasteiger partial charge in [0.05, 0.1) is 13.2 Å². The Morgan fingerprint density at radius 1 is 0.955 bits per heavy atom. The standard InChI is InChI=1S/C19H21NO2/c21-19(17-9-5-2-6-10-17)15-18(16-7-3-1-4-8-16)20-11-13-22-14-12-20/h1-10,18H,11-15H2/t18-/m0/s1. The van der Waals surface area contributed by atoms with Gasteiger partial charge in [-0.3, -0.25) is 9.69 Å². The molecule has 0 saturated carbocycles. The topological polar surface area (TPSA) is 29.5 Å². The lowest BCUT2D eigenvalue weighted by molar-refractivity contribution is 0.0145. The Morgan fingerprint density at radius 2 is 1.55 bits per heavy atom. The number of carbonyl (C=O) groups is 1. The number of Topliss-reactive ketones (excluding diaryl/α,β-unsaturated/α-hetero) is 1. The van der Waals surface area contributed by atoms with Crippen molar-refractivity contribution in [2.45, 2.75) is 12.5 Å². The summed E-state index contributed by atoms with van der Waals surface area (Å²) >= 11 is 0. The minimum absolute atomic E-state index is 0.123. The van der Waals surface area contributed by atoms with E-state index in [1.807, 2.05) is 48.5 Å². The molecular weight excluding hydrogens is 274 g/mol. The maximum absolute atomic E-state index is 12.6. The molecule has 3 nitrogen and oxygen atoms in total. The molecule has 114 valence electrons. The molecule has 0 aromatic heterocycles. The van der Waals surface area contributed by atoms with Crippen LogP contribution in [0.3, 0.4) is 0 Å². The van der Waals surface area contributed by atoms with Gasteiger partial charge in [0.15, 0.2) is 5.78 Å². The number of morpholine rings is 1. The lowest BCUT2D eigenvalue weighted by Crippen LogP contribution is -2.39. The first-order valence-corrected chi connectivity index (χ1v) is 7.79. The van der Waals surface area contributed by atoms with E-state index < -0.39 is 0 Å². The van der Waals surface area contributed by atoms with Crippen molar-refractivity contribution in [1.82, 2.24) is 4.90 Å². The van der Waals surface area contributed by atoms with E-state index in [-0.39, 0.29) is 11.8 Å². The first kappa shape index (κ1) is 14.9. The van der Waals surface area contributed by atoms with Crippen LogP contribution in [-0.2, 0) is 4.74 Å². The number of carbonyl (C=O) groups excluding carboxylic acids is 1. The Hall–Kier alpha value is -1.97. The summed E-state index contributed by atoms with van der Waals surface area (Å²) in [6.45, 7) is 3.23. The molecular formula is C19H21NO2. The van der Waals surface area contributed by atoms with Gasteiger partial charge in [0.25, 0.3) is 0 Å². The van der Waals surface area contributed by atoms with Gasteiger partial charge in [0.2, 0.25) is 0 Å². The van der Waals surface area contributed by atoms with E-state index in [1.165, 1.54) is 5.56 Å². The van der Waals surface area contributed by atoms with Crippen LogP contribution in [0.2, 0.25) is 0 Å². The molecule has 0 bridgehead atoms. The molecule has 1 aliphatic heterocycles. The zero-order chi connectivity index (χ0) is 15.2. The highest BCUT2D eigenvalue weighted by Crippen LogP contribution is 2.26. The number of ketones is 1. The van der Waals surface area contributed by atoms with Gasteiger partial charge in [0.1, 0.15) is 0 Å². The largest absolute Gasteiger partial charge is 0.379 e. The van der Waals surface area contributed by atoms with Crippen molar-refractivity contribution >= 4 is 5.78 Å². The fourth-order valence-electron chi connectivity index (χ4n) is 2.94. The van der Waals surface area contributed by atoms with Crippen molar-refractivity contribution < 1.29 is 9.53 Å². The van der Waals surface area contributed by atoms with Crippen LogP contribution in [-0.4, -0.2) is 37.0 Å². The summed E-state index contributed by atoms with van der Waals surface area (Å²) in [6.07, 6.45) is 0.508. The van der Waals surface area contributed by atoms with Crippen LogP contribution in [0.25, 0.3) is 0 Å². The number of rotatable bonds is 5. The van der Waals surface area contributed by atoms with Crippen LogP contribution in [0.4, 0.5) is 0 Å². The molecule has 3 rings (SSSR count). The Morgan fingerprint density at radius 3 is 2.18 bits per heavy atom. The summed E-state index contributed by atoms with van der Waals surface area (Å²) in [6, 6.07) is 20.0. The lowest BCUT2D eigenvalue weighted by atomic mass is 9.96. The van der Waals surface area contributed by atoms with Crippen molar-refractivity contribution in [3.05, 3.63) is 71.8 Å². The van der Waals surface area contributed by atoms with E-state index in [1.54, 1.807) is 0 Å². The summed E-state index contributed by atoms with van der Waals surface area (Å²) in [4.78, 5) is 15.0. The van der Waals surface area contributed by atoms with E-state index in [2.05, 4.69) is 17.0 Å². The van der Waals surface area contributed by atoms with Gasteiger partial charge in [-0.1, -0.05) is 60.7 Å². The summed E-state index contributed by atoms with van der Waals surface area (Å²) < 4.78 is 5.45. The van der Waals surface area contributed by atoms with Gasteiger partial charge >= 0.3 is 0 Å². The zero-order valence-corrected chi connectivity index (χ0v) is 12.7. The Kier molecular flexibility index (Phi) is 4.99. The predicted molar refractivity (Wildman–Crippen MR) is 87.0 cm³/mol. The SMILES string of the molecule is O=C(C[C@@H](c1ccccc1)N1CCOCC1)c1ccccc1. The Bertz CT molecular complexity index is 591. The summed E-state index contributed by atoms with van der Waals surface area (Å²) in [5, 5.41) is 0. The molecule has 0 N–H and O–H groups in total. The molecule has 3 heteroatoms. The lowest BCUT2D eigenvalue weighted by Gasteiger charge is -2.34. The summed E-state index contributed by atoms with van der Waals surface area (Å²) in [5.74, 6) is 0.195. The molecule has 22 heavy (non-hydrogen) atoms. The number of benzene rings is 2. The van der Waals surface area contributed by atoms with Gasteiger partial charge in [-0.15, -0.1) is 0 Å². The van der Waals surface area contributed by atoms with Crippen molar-refractivity contribution in [3.63, 3.8) is 0 Å². The first-order chi connectivity index (χ1) is 10.8. The monoisotopic (exact) mass is 295 g/mol. The summed E-state index contributed by atoms with van der Waals surface area (Å²) in [7, 11) is 0. The van der Waals surface area contributed by atoms with Crippen LogP contribution in [0.5, 0.6) is 0 Å². The highest BCUT2D eigenvalue weighted by atomic mass is 16.5. The highest BCUT2D eigenvalue weighted by molar-refractivity contribution is 5.96. The second kappa shape index (κ2) is 7.34. The number of hydrogen-bond donors (Lipinski definition) is 0. The molecule has 0 radical (unpaired) electrons. The Balaban J connectivity index is 1.81. The molecule has 1 aliphatic rings. The fourth-order valence-corrected chi connectivity index (χ4v) is 2.94. The van der Waals surface area contributed by atoms with E-state index >= 15 is 0 Å². The van der Waals surface area contributed by atoms with E-state index in [0.717, 1.165) is 31.9 Å².